The third kappa shape index (κ3) is 5.59. The zero-order valence-electron chi connectivity index (χ0n) is 16.8. The number of hydrogen-bond acceptors (Lipinski definition) is 3. The van der Waals surface area contributed by atoms with Crippen molar-refractivity contribution in [2.24, 2.45) is 0 Å². The van der Waals surface area contributed by atoms with Crippen molar-refractivity contribution in [1.82, 2.24) is 0 Å². The quantitative estimate of drug-likeness (QED) is 0.352. The second kappa shape index (κ2) is 9.91. The summed E-state index contributed by atoms with van der Waals surface area (Å²) in [5.41, 5.74) is 4.46. The van der Waals surface area contributed by atoms with E-state index in [1.165, 1.54) is 5.56 Å². The summed E-state index contributed by atoms with van der Waals surface area (Å²) in [4.78, 5) is 12.7. The van der Waals surface area contributed by atoms with Gasteiger partial charge in [0.15, 0.2) is 0 Å². The number of nitrogens with one attached hydrogen (secondary N) is 1. The number of hydrogen-bond donors (Lipinski definition) is 1. The molecule has 1 N–H and O–H groups in total. The van der Waals surface area contributed by atoms with E-state index in [2.05, 4.69) is 21.2 Å². The van der Waals surface area contributed by atoms with Crippen LogP contribution in [0.3, 0.4) is 0 Å². The predicted molar refractivity (Wildman–Crippen MR) is 123 cm³/mol. The third-order valence-corrected chi connectivity index (χ3v) is 5.04. The Labute approximate surface area is 184 Å². The molecule has 0 unspecified atom stereocenters. The highest BCUT2D eigenvalue weighted by molar-refractivity contribution is 9.10. The third-order valence-electron chi connectivity index (χ3n) is 4.54. The Morgan fingerprint density at radius 2 is 1.83 bits per heavy atom. The number of aryl methyl sites for hydroxylation is 2. The minimum atomic E-state index is -0.462. The molecule has 0 aromatic heterocycles. The van der Waals surface area contributed by atoms with Crippen molar-refractivity contribution in [3.8, 4) is 11.8 Å². The molecule has 0 saturated heterocycles. The molecule has 3 aromatic carbocycles. The summed E-state index contributed by atoms with van der Waals surface area (Å²) in [6.45, 7) is 4.32. The minimum absolute atomic E-state index is 0.00320. The van der Waals surface area contributed by atoms with Crippen LogP contribution < -0.4 is 10.1 Å². The molecule has 30 heavy (non-hydrogen) atoms. The fraction of sp³-hybridized carbons (Fsp3) is 0.120. The van der Waals surface area contributed by atoms with Crippen molar-refractivity contribution >= 4 is 33.6 Å². The van der Waals surface area contributed by atoms with Crippen LogP contribution in [0.15, 0.2) is 76.8 Å². The monoisotopic (exact) mass is 460 g/mol. The molecule has 0 heterocycles. The van der Waals surface area contributed by atoms with E-state index in [0.717, 1.165) is 15.6 Å². The van der Waals surface area contributed by atoms with Crippen molar-refractivity contribution in [2.45, 2.75) is 20.5 Å². The van der Waals surface area contributed by atoms with Gasteiger partial charge in [0.05, 0.1) is 0 Å². The second-order valence-electron chi connectivity index (χ2n) is 6.90. The van der Waals surface area contributed by atoms with Gasteiger partial charge in [-0.2, -0.15) is 5.26 Å². The molecule has 0 saturated carbocycles. The molecular formula is C25H21BrN2O2. The van der Waals surface area contributed by atoms with Crippen molar-refractivity contribution in [3.05, 3.63) is 99.0 Å². The molecule has 4 nitrogen and oxygen atoms in total. The highest BCUT2D eigenvalue weighted by Crippen LogP contribution is 2.27. The fourth-order valence-electron chi connectivity index (χ4n) is 2.82. The van der Waals surface area contributed by atoms with Gasteiger partial charge in [-0.25, -0.2) is 0 Å². The van der Waals surface area contributed by atoms with Crippen molar-refractivity contribution in [2.75, 3.05) is 5.32 Å². The van der Waals surface area contributed by atoms with E-state index in [4.69, 9.17) is 4.74 Å². The van der Waals surface area contributed by atoms with Crippen LogP contribution in [0.4, 0.5) is 5.69 Å². The topological polar surface area (TPSA) is 62.1 Å². The maximum atomic E-state index is 12.7. The Balaban J connectivity index is 1.83. The number of carbonyl (C=O) groups excluding carboxylic acids is 1. The first-order valence-electron chi connectivity index (χ1n) is 9.43. The fourth-order valence-corrected chi connectivity index (χ4v) is 3.19. The summed E-state index contributed by atoms with van der Waals surface area (Å²) in [6.07, 6.45) is 1.54. The molecule has 0 radical (unpaired) electrons. The average Bonchev–Trinajstić information content (AvgIpc) is 2.74. The number of halogens is 1. The molecule has 3 rings (SSSR count). The lowest BCUT2D eigenvalue weighted by Gasteiger charge is -2.11. The summed E-state index contributed by atoms with van der Waals surface area (Å²) in [6, 6.07) is 23.0. The maximum absolute atomic E-state index is 12.7. The van der Waals surface area contributed by atoms with Crippen LogP contribution in [0.25, 0.3) is 6.08 Å². The van der Waals surface area contributed by atoms with E-state index in [0.29, 0.717) is 23.6 Å². The predicted octanol–water partition coefficient (Wildman–Crippen LogP) is 6.19. The Morgan fingerprint density at radius 1 is 1.10 bits per heavy atom. The van der Waals surface area contributed by atoms with Crippen LogP contribution in [-0.2, 0) is 11.4 Å². The van der Waals surface area contributed by atoms with Gasteiger partial charge in [0.2, 0.25) is 0 Å². The first-order valence-corrected chi connectivity index (χ1v) is 10.2. The van der Waals surface area contributed by atoms with E-state index in [-0.39, 0.29) is 5.57 Å². The number of ether oxygens (including phenoxy) is 1. The zero-order valence-corrected chi connectivity index (χ0v) is 18.4. The summed E-state index contributed by atoms with van der Waals surface area (Å²) in [5.74, 6) is 0.131. The van der Waals surface area contributed by atoms with Crippen molar-refractivity contribution < 1.29 is 9.53 Å². The standard InChI is InChI=1S/C25H21BrN2O2/c1-17-7-9-19(10-8-17)16-30-24-12-11-22(26)14-20(24)13-21(15-27)25(29)28-23-6-4-3-5-18(23)2/h3-14H,16H2,1-2H3,(H,28,29)/b21-13+. The van der Waals surface area contributed by atoms with Crippen LogP contribution in [0.5, 0.6) is 5.75 Å². The molecule has 5 heteroatoms. The number of anilines is 1. The number of amides is 1. The normalized spacial score (nSPS) is 10.9. The number of para-hydroxylation sites is 1. The molecule has 0 bridgehead atoms. The van der Waals surface area contributed by atoms with E-state index in [1.54, 1.807) is 12.1 Å². The first kappa shape index (κ1) is 21.4. The first-order chi connectivity index (χ1) is 14.5. The smallest absolute Gasteiger partial charge is 0.266 e. The number of nitrogens with zero attached hydrogens (tertiary/aromatic N) is 1. The zero-order chi connectivity index (χ0) is 21.5. The van der Waals surface area contributed by atoms with Gasteiger partial charge in [-0.3, -0.25) is 4.79 Å². The van der Waals surface area contributed by atoms with Crippen LogP contribution in [0.1, 0.15) is 22.3 Å². The molecule has 0 fully saturated rings. The summed E-state index contributed by atoms with van der Waals surface area (Å²) < 4.78 is 6.80. The molecule has 3 aromatic rings. The van der Waals surface area contributed by atoms with Gasteiger partial charge in [-0.1, -0.05) is 64.0 Å². The van der Waals surface area contributed by atoms with Crippen LogP contribution in [0.2, 0.25) is 0 Å². The largest absolute Gasteiger partial charge is 0.488 e. The van der Waals surface area contributed by atoms with Crippen molar-refractivity contribution in [1.29, 1.82) is 5.26 Å². The Morgan fingerprint density at radius 3 is 2.53 bits per heavy atom. The van der Waals surface area contributed by atoms with Gasteiger partial charge in [0.25, 0.3) is 5.91 Å². The van der Waals surface area contributed by atoms with Crippen LogP contribution >= 0.6 is 15.9 Å². The number of carbonyl (C=O) groups is 1. The lowest BCUT2D eigenvalue weighted by atomic mass is 10.1. The summed E-state index contributed by atoms with van der Waals surface area (Å²) in [5, 5.41) is 12.4. The minimum Gasteiger partial charge on any atom is -0.488 e. The molecule has 1 amide bonds. The van der Waals surface area contributed by atoms with E-state index >= 15 is 0 Å². The molecule has 0 aliphatic rings. The molecule has 0 spiro atoms. The molecule has 0 aliphatic carbocycles. The second-order valence-corrected chi connectivity index (χ2v) is 7.81. The maximum Gasteiger partial charge on any atom is 0.266 e. The number of rotatable bonds is 6. The summed E-state index contributed by atoms with van der Waals surface area (Å²) >= 11 is 3.44. The Kier molecular flexibility index (Phi) is 7.05. The van der Waals surface area contributed by atoms with Crippen LogP contribution in [0, 0.1) is 25.2 Å². The van der Waals surface area contributed by atoms with Gasteiger partial charge in [-0.15, -0.1) is 0 Å². The van der Waals surface area contributed by atoms with Crippen molar-refractivity contribution in [3.63, 3.8) is 0 Å². The van der Waals surface area contributed by atoms with Gasteiger partial charge in [-0.05, 0) is 55.3 Å². The highest BCUT2D eigenvalue weighted by Gasteiger charge is 2.13. The highest BCUT2D eigenvalue weighted by atomic mass is 79.9. The Bertz CT molecular complexity index is 1130. The SMILES string of the molecule is Cc1ccc(COc2ccc(Br)cc2/C=C(\C#N)C(=O)Nc2ccccc2C)cc1. The number of benzene rings is 3. The Hall–Kier alpha value is -3.36. The molecule has 150 valence electrons. The number of nitriles is 1. The van der Waals surface area contributed by atoms with E-state index in [9.17, 15) is 10.1 Å². The van der Waals surface area contributed by atoms with Crippen LogP contribution in [-0.4, -0.2) is 5.91 Å². The van der Waals surface area contributed by atoms with Gasteiger partial charge in [0.1, 0.15) is 24.0 Å². The molecule has 0 atom stereocenters. The lowest BCUT2D eigenvalue weighted by Crippen LogP contribution is -2.14. The molecular weight excluding hydrogens is 440 g/mol. The molecule has 0 aliphatic heterocycles. The summed E-state index contributed by atoms with van der Waals surface area (Å²) in [7, 11) is 0. The van der Waals surface area contributed by atoms with Gasteiger partial charge < -0.3 is 10.1 Å². The van der Waals surface area contributed by atoms with E-state index in [1.807, 2.05) is 80.6 Å². The lowest BCUT2D eigenvalue weighted by molar-refractivity contribution is -0.112. The average molecular weight is 461 g/mol. The van der Waals surface area contributed by atoms with Gasteiger partial charge >= 0.3 is 0 Å². The van der Waals surface area contributed by atoms with E-state index < -0.39 is 5.91 Å². The van der Waals surface area contributed by atoms with Gasteiger partial charge in [0, 0.05) is 15.7 Å².